The van der Waals surface area contributed by atoms with Gasteiger partial charge in [-0.1, -0.05) is 11.2 Å². The molecule has 2 aliphatic heterocycles. The topological polar surface area (TPSA) is 84.7 Å². The highest BCUT2D eigenvalue weighted by atomic mass is 16.5. The third kappa shape index (κ3) is 3.47. The van der Waals surface area contributed by atoms with Crippen LogP contribution in [0.2, 0.25) is 0 Å². The van der Waals surface area contributed by atoms with Gasteiger partial charge in [0.1, 0.15) is 12.5 Å². The number of nitrogens with zero attached hydrogens (tertiary/aromatic N) is 4. The first-order chi connectivity index (χ1) is 14.6. The van der Waals surface area contributed by atoms with Crippen molar-refractivity contribution in [2.24, 2.45) is 5.92 Å². The standard InChI is InChI=1S/C22H24N4O4/c1-24(13-19-5-7-30-23-19)11-16-2-3-20-18-8-15(10-26(20)22(16)28)9-25(12-18)21(27)17-4-6-29-14-17/h2-7,14-15,18H,8-13H2,1H3/t15-,18+/m0/s1. The quantitative estimate of drug-likeness (QED) is 0.644. The minimum atomic E-state index is 0.000322. The minimum absolute atomic E-state index is 0.000322. The molecule has 156 valence electrons. The van der Waals surface area contributed by atoms with Gasteiger partial charge in [0, 0.05) is 56.0 Å². The van der Waals surface area contributed by atoms with Gasteiger partial charge in [0.25, 0.3) is 11.5 Å². The molecule has 8 heteroatoms. The number of likely N-dealkylation sites (tertiary alicyclic amines) is 1. The van der Waals surface area contributed by atoms with Crippen molar-refractivity contribution in [3.63, 3.8) is 0 Å². The molecular formula is C22H24N4O4. The van der Waals surface area contributed by atoms with Gasteiger partial charge in [0.15, 0.2) is 0 Å². The zero-order valence-electron chi connectivity index (χ0n) is 16.9. The van der Waals surface area contributed by atoms with Crippen LogP contribution in [0, 0.1) is 5.92 Å². The number of rotatable bonds is 5. The molecule has 0 N–H and O–H groups in total. The molecule has 1 saturated heterocycles. The summed E-state index contributed by atoms with van der Waals surface area (Å²) in [6, 6.07) is 7.53. The first-order valence-electron chi connectivity index (χ1n) is 10.2. The smallest absolute Gasteiger partial charge is 0.257 e. The summed E-state index contributed by atoms with van der Waals surface area (Å²) >= 11 is 0. The predicted molar refractivity (Wildman–Crippen MR) is 108 cm³/mol. The molecule has 0 unspecified atom stereocenters. The number of carbonyl (C=O) groups is 1. The Bertz CT molecular complexity index is 1090. The molecular weight excluding hydrogens is 384 g/mol. The van der Waals surface area contributed by atoms with E-state index in [-0.39, 0.29) is 23.3 Å². The number of hydrogen-bond donors (Lipinski definition) is 0. The summed E-state index contributed by atoms with van der Waals surface area (Å²) < 4.78 is 11.9. The van der Waals surface area contributed by atoms with Crippen molar-refractivity contribution in [1.29, 1.82) is 0 Å². The fraction of sp³-hybridized carbons (Fsp3) is 0.409. The van der Waals surface area contributed by atoms with Crippen LogP contribution in [0.25, 0.3) is 0 Å². The summed E-state index contributed by atoms with van der Waals surface area (Å²) in [4.78, 5) is 29.9. The number of amides is 1. The number of carbonyl (C=O) groups excluding carboxylic acids is 1. The van der Waals surface area contributed by atoms with Crippen LogP contribution in [0.15, 0.2) is 56.8 Å². The van der Waals surface area contributed by atoms with Crippen LogP contribution in [0.5, 0.6) is 0 Å². The maximum atomic E-state index is 13.2. The summed E-state index contributed by atoms with van der Waals surface area (Å²) in [6.45, 7) is 3.12. The van der Waals surface area contributed by atoms with Crippen molar-refractivity contribution in [3.05, 3.63) is 75.9 Å². The van der Waals surface area contributed by atoms with Gasteiger partial charge in [-0.25, -0.2) is 0 Å². The third-order valence-corrected chi connectivity index (χ3v) is 6.10. The fourth-order valence-electron chi connectivity index (χ4n) is 4.79. The number of piperidine rings is 1. The van der Waals surface area contributed by atoms with Gasteiger partial charge in [-0.05, 0) is 31.5 Å². The van der Waals surface area contributed by atoms with E-state index in [0.29, 0.717) is 38.3 Å². The molecule has 8 nitrogen and oxygen atoms in total. The van der Waals surface area contributed by atoms with E-state index in [4.69, 9.17) is 8.94 Å². The Morgan fingerprint density at radius 3 is 2.83 bits per heavy atom. The van der Waals surface area contributed by atoms with Gasteiger partial charge >= 0.3 is 0 Å². The van der Waals surface area contributed by atoms with Gasteiger partial charge in [0.2, 0.25) is 0 Å². The average Bonchev–Trinajstić information content (AvgIpc) is 3.44. The fourth-order valence-corrected chi connectivity index (χ4v) is 4.79. The van der Waals surface area contributed by atoms with E-state index in [1.165, 1.54) is 12.5 Å². The Kier molecular flexibility index (Phi) is 4.78. The van der Waals surface area contributed by atoms with E-state index in [9.17, 15) is 9.59 Å². The van der Waals surface area contributed by atoms with E-state index >= 15 is 0 Å². The van der Waals surface area contributed by atoms with E-state index in [2.05, 4.69) is 16.1 Å². The predicted octanol–water partition coefficient (Wildman–Crippen LogP) is 2.32. The highest BCUT2D eigenvalue weighted by Gasteiger charge is 2.37. The van der Waals surface area contributed by atoms with Gasteiger partial charge in [0.05, 0.1) is 17.5 Å². The van der Waals surface area contributed by atoms with Crippen molar-refractivity contribution >= 4 is 5.91 Å². The molecule has 1 fully saturated rings. The van der Waals surface area contributed by atoms with Gasteiger partial charge in [-0.15, -0.1) is 0 Å². The van der Waals surface area contributed by atoms with Gasteiger partial charge in [-0.2, -0.15) is 0 Å². The van der Waals surface area contributed by atoms with Crippen molar-refractivity contribution in [2.45, 2.75) is 32.0 Å². The highest BCUT2D eigenvalue weighted by molar-refractivity contribution is 5.94. The molecule has 0 radical (unpaired) electrons. The first-order valence-corrected chi connectivity index (χ1v) is 10.2. The van der Waals surface area contributed by atoms with Crippen molar-refractivity contribution in [1.82, 2.24) is 19.5 Å². The molecule has 3 aromatic rings. The Morgan fingerprint density at radius 2 is 2.07 bits per heavy atom. The number of hydrogen-bond acceptors (Lipinski definition) is 6. The molecule has 0 aromatic carbocycles. The molecule has 0 aliphatic carbocycles. The van der Waals surface area contributed by atoms with E-state index in [0.717, 1.165) is 23.4 Å². The SMILES string of the molecule is CN(Cc1ccon1)Cc1ccc2n(c1=O)C[C@H]1C[C@@H]2CN(C(=O)c2ccoc2)C1. The summed E-state index contributed by atoms with van der Waals surface area (Å²) in [6.07, 6.45) is 5.58. The lowest BCUT2D eigenvalue weighted by Gasteiger charge is -2.42. The molecule has 2 aliphatic rings. The van der Waals surface area contributed by atoms with Crippen LogP contribution < -0.4 is 5.56 Å². The largest absolute Gasteiger partial charge is 0.472 e. The second-order valence-corrected chi connectivity index (χ2v) is 8.38. The van der Waals surface area contributed by atoms with Crippen LogP contribution in [-0.4, -0.2) is 45.6 Å². The molecule has 2 atom stereocenters. The second kappa shape index (κ2) is 7.60. The van der Waals surface area contributed by atoms with Crippen LogP contribution in [-0.2, 0) is 19.6 Å². The summed E-state index contributed by atoms with van der Waals surface area (Å²) in [5, 5.41) is 3.93. The van der Waals surface area contributed by atoms with E-state index in [1.54, 1.807) is 12.3 Å². The first kappa shape index (κ1) is 18.9. The molecule has 5 rings (SSSR count). The summed E-state index contributed by atoms with van der Waals surface area (Å²) in [5.74, 6) is 0.469. The van der Waals surface area contributed by atoms with Crippen LogP contribution >= 0.6 is 0 Å². The lowest BCUT2D eigenvalue weighted by Crippen LogP contribution is -2.49. The lowest BCUT2D eigenvalue weighted by molar-refractivity contribution is 0.0593. The Hall–Kier alpha value is -3.13. The zero-order chi connectivity index (χ0) is 20.7. The van der Waals surface area contributed by atoms with Crippen molar-refractivity contribution in [3.8, 4) is 0 Å². The van der Waals surface area contributed by atoms with Gasteiger partial charge in [-0.3, -0.25) is 14.5 Å². The maximum Gasteiger partial charge on any atom is 0.257 e. The van der Waals surface area contributed by atoms with Gasteiger partial charge < -0.3 is 18.4 Å². The molecule has 2 bridgehead atoms. The Balaban J connectivity index is 1.34. The summed E-state index contributed by atoms with van der Waals surface area (Å²) in [5.41, 5.74) is 3.30. The van der Waals surface area contributed by atoms with Crippen molar-refractivity contribution < 1.29 is 13.7 Å². The Morgan fingerprint density at radius 1 is 1.17 bits per heavy atom. The monoisotopic (exact) mass is 408 g/mol. The molecule has 0 saturated carbocycles. The number of pyridine rings is 1. The molecule has 3 aromatic heterocycles. The number of fused-ring (bicyclic) bond motifs is 4. The summed E-state index contributed by atoms with van der Waals surface area (Å²) in [7, 11) is 1.96. The maximum absolute atomic E-state index is 13.2. The Labute approximate surface area is 173 Å². The highest BCUT2D eigenvalue weighted by Crippen LogP contribution is 2.35. The zero-order valence-corrected chi connectivity index (χ0v) is 16.9. The van der Waals surface area contributed by atoms with Crippen LogP contribution in [0.3, 0.4) is 0 Å². The lowest BCUT2D eigenvalue weighted by atomic mass is 9.82. The van der Waals surface area contributed by atoms with Crippen LogP contribution in [0.4, 0.5) is 0 Å². The molecule has 30 heavy (non-hydrogen) atoms. The second-order valence-electron chi connectivity index (χ2n) is 8.38. The van der Waals surface area contributed by atoms with E-state index in [1.807, 2.05) is 28.6 Å². The molecule has 1 amide bonds. The van der Waals surface area contributed by atoms with Crippen LogP contribution in [0.1, 0.15) is 39.6 Å². The third-order valence-electron chi connectivity index (χ3n) is 6.10. The number of furan rings is 1. The van der Waals surface area contributed by atoms with E-state index < -0.39 is 0 Å². The average molecular weight is 408 g/mol. The molecule has 0 spiro atoms. The molecule has 5 heterocycles. The normalized spacial score (nSPS) is 20.4. The minimum Gasteiger partial charge on any atom is -0.472 e. The van der Waals surface area contributed by atoms with Crippen molar-refractivity contribution in [2.75, 3.05) is 20.1 Å². The number of aromatic nitrogens is 2.